The lowest BCUT2D eigenvalue weighted by molar-refractivity contribution is 0.279. The Morgan fingerprint density at radius 2 is 2.40 bits per heavy atom. The van der Waals surface area contributed by atoms with Crippen molar-refractivity contribution in [1.82, 2.24) is 4.31 Å². The highest BCUT2D eigenvalue weighted by Gasteiger charge is 2.17. The molecule has 10 heavy (non-hydrogen) atoms. The maximum absolute atomic E-state index is 4.38. The van der Waals surface area contributed by atoms with E-state index < -0.39 is 0 Å². The molecule has 0 amide bonds. The Morgan fingerprint density at radius 1 is 1.60 bits per heavy atom. The molecule has 1 atom stereocenters. The van der Waals surface area contributed by atoms with Gasteiger partial charge in [0.25, 0.3) is 0 Å². The van der Waals surface area contributed by atoms with Gasteiger partial charge in [-0.2, -0.15) is 0 Å². The molecule has 1 heterocycles. The first kappa shape index (κ1) is 8.15. The molecule has 0 aliphatic carbocycles. The number of rotatable bonds is 2. The Kier molecular flexibility index (Phi) is 3.29. The zero-order valence-electron chi connectivity index (χ0n) is 6.29. The highest BCUT2D eigenvalue weighted by molar-refractivity contribution is 7.77. The van der Waals surface area contributed by atoms with Crippen LogP contribution < -0.4 is 0 Å². The molecule has 0 aromatic carbocycles. The predicted molar refractivity (Wildman–Crippen MR) is 48.1 cm³/mol. The van der Waals surface area contributed by atoms with Gasteiger partial charge in [0.05, 0.1) is 0 Å². The summed E-state index contributed by atoms with van der Waals surface area (Å²) in [5.74, 6) is 0. The molecular formula is C8H15NS. The quantitative estimate of drug-likeness (QED) is 0.475. The highest BCUT2D eigenvalue weighted by Crippen LogP contribution is 2.20. The van der Waals surface area contributed by atoms with E-state index in [9.17, 15) is 0 Å². The van der Waals surface area contributed by atoms with Crippen LogP contribution in [0.25, 0.3) is 0 Å². The lowest BCUT2D eigenvalue weighted by Crippen LogP contribution is -2.31. The summed E-state index contributed by atoms with van der Waals surface area (Å²) in [7, 11) is 0. The highest BCUT2D eigenvalue weighted by atomic mass is 32.1. The van der Waals surface area contributed by atoms with Gasteiger partial charge in [-0.1, -0.05) is 25.3 Å². The molecule has 58 valence electrons. The van der Waals surface area contributed by atoms with Crippen molar-refractivity contribution in [3.63, 3.8) is 0 Å². The number of piperidine rings is 1. The van der Waals surface area contributed by atoms with E-state index in [0.717, 1.165) is 13.0 Å². The molecule has 1 saturated heterocycles. The number of hydrogen-bond acceptors (Lipinski definition) is 2. The van der Waals surface area contributed by atoms with Crippen LogP contribution in [0.15, 0.2) is 12.7 Å². The molecule has 0 radical (unpaired) electrons. The summed E-state index contributed by atoms with van der Waals surface area (Å²) in [6, 6.07) is 0.648. The van der Waals surface area contributed by atoms with Gasteiger partial charge in [0.15, 0.2) is 0 Å². The van der Waals surface area contributed by atoms with Crippen molar-refractivity contribution in [2.75, 3.05) is 6.54 Å². The minimum absolute atomic E-state index is 0.648. The Labute approximate surface area is 68.6 Å². The first-order chi connectivity index (χ1) is 4.84. The summed E-state index contributed by atoms with van der Waals surface area (Å²) in [6.07, 6.45) is 7.02. The van der Waals surface area contributed by atoms with E-state index in [1.54, 1.807) is 0 Å². The van der Waals surface area contributed by atoms with Crippen molar-refractivity contribution >= 4 is 12.8 Å². The van der Waals surface area contributed by atoms with Crippen molar-refractivity contribution in [3.05, 3.63) is 12.7 Å². The van der Waals surface area contributed by atoms with Crippen molar-refractivity contribution in [2.24, 2.45) is 0 Å². The maximum Gasteiger partial charge on any atom is 0.0234 e. The molecule has 1 unspecified atom stereocenters. The second kappa shape index (κ2) is 4.04. The molecule has 0 saturated carbocycles. The first-order valence-electron chi connectivity index (χ1n) is 3.91. The zero-order valence-corrected chi connectivity index (χ0v) is 7.19. The Morgan fingerprint density at radius 3 is 3.00 bits per heavy atom. The van der Waals surface area contributed by atoms with Crippen LogP contribution in [-0.2, 0) is 0 Å². The molecule has 1 rings (SSSR count). The second-order valence-electron chi connectivity index (χ2n) is 2.84. The molecule has 0 bridgehead atoms. The molecule has 0 aromatic heterocycles. The van der Waals surface area contributed by atoms with Crippen LogP contribution in [-0.4, -0.2) is 16.9 Å². The van der Waals surface area contributed by atoms with Crippen LogP contribution in [0.4, 0.5) is 0 Å². The second-order valence-corrected chi connectivity index (χ2v) is 3.35. The molecule has 1 fully saturated rings. The van der Waals surface area contributed by atoms with Crippen LogP contribution in [0.5, 0.6) is 0 Å². The lowest BCUT2D eigenvalue weighted by atomic mass is 10.0. The monoisotopic (exact) mass is 157 g/mol. The molecule has 2 heteroatoms. The fourth-order valence-electron chi connectivity index (χ4n) is 1.42. The fourth-order valence-corrected chi connectivity index (χ4v) is 1.77. The van der Waals surface area contributed by atoms with Crippen LogP contribution >= 0.6 is 12.8 Å². The Balaban J connectivity index is 2.32. The van der Waals surface area contributed by atoms with E-state index in [-0.39, 0.29) is 0 Å². The SMILES string of the molecule is C=CCC1CCCCN1S. The van der Waals surface area contributed by atoms with Gasteiger partial charge in [-0.3, -0.25) is 0 Å². The van der Waals surface area contributed by atoms with Gasteiger partial charge in [0.1, 0.15) is 0 Å². The van der Waals surface area contributed by atoms with Gasteiger partial charge in [-0.25, -0.2) is 4.31 Å². The minimum atomic E-state index is 0.648. The molecule has 1 aliphatic rings. The van der Waals surface area contributed by atoms with E-state index >= 15 is 0 Å². The Hall–Kier alpha value is 0.0500. The van der Waals surface area contributed by atoms with Gasteiger partial charge in [0, 0.05) is 12.6 Å². The van der Waals surface area contributed by atoms with Gasteiger partial charge in [-0.15, -0.1) is 6.58 Å². The predicted octanol–water partition coefficient (Wildman–Crippen LogP) is 2.26. The molecule has 0 N–H and O–H groups in total. The van der Waals surface area contributed by atoms with Crippen LogP contribution in [0.3, 0.4) is 0 Å². The van der Waals surface area contributed by atoms with E-state index in [0.29, 0.717) is 6.04 Å². The normalized spacial score (nSPS) is 28.3. The molecule has 0 aromatic rings. The topological polar surface area (TPSA) is 3.24 Å². The summed E-state index contributed by atoms with van der Waals surface area (Å²) >= 11 is 4.38. The van der Waals surface area contributed by atoms with Gasteiger partial charge in [0.2, 0.25) is 0 Å². The van der Waals surface area contributed by atoms with E-state index in [1.807, 2.05) is 6.08 Å². The van der Waals surface area contributed by atoms with E-state index in [4.69, 9.17) is 0 Å². The number of thiol groups is 1. The van der Waals surface area contributed by atoms with Gasteiger partial charge in [-0.05, 0) is 19.3 Å². The lowest BCUT2D eigenvalue weighted by Gasteiger charge is -2.30. The number of hydrogen-bond donors (Lipinski definition) is 1. The molecule has 0 spiro atoms. The first-order valence-corrected chi connectivity index (χ1v) is 4.31. The van der Waals surface area contributed by atoms with Crippen molar-refractivity contribution < 1.29 is 0 Å². The number of nitrogens with zero attached hydrogens (tertiary/aromatic N) is 1. The average molecular weight is 157 g/mol. The largest absolute Gasteiger partial charge is 0.250 e. The smallest absolute Gasteiger partial charge is 0.0234 e. The van der Waals surface area contributed by atoms with Gasteiger partial charge >= 0.3 is 0 Å². The summed E-state index contributed by atoms with van der Waals surface area (Å²) in [5, 5.41) is 0. The van der Waals surface area contributed by atoms with Crippen LogP contribution in [0, 0.1) is 0 Å². The summed E-state index contributed by atoms with van der Waals surface area (Å²) < 4.78 is 2.14. The van der Waals surface area contributed by atoms with Crippen LogP contribution in [0.1, 0.15) is 25.7 Å². The maximum atomic E-state index is 4.38. The standard InChI is InChI=1S/C8H15NS/c1-2-5-8-6-3-4-7-9(8)10/h2,8,10H,1,3-7H2. The Bertz CT molecular complexity index is 114. The third-order valence-electron chi connectivity index (χ3n) is 2.03. The zero-order chi connectivity index (χ0) is 7.40. The molecular weight excluding hydrogens is 142 g/mol. The van der Waals surface area contributed by atoms with E-state index in [2.05, 4.69) is 23.7 Å². The third kappa shape index (κ3) is 2.03. The van der Waals surface area contributed by atoms with Gasteiger partial charge < -0.3 is 0 Å². The average Bonchev–Trinajstić information content (AvgIpc) is 1.94. The molecule has 1 nitrogen and oxygen atoms in total. The summed E-state index contributed by atoms with van der Waals surface area (Å²) in [4.78, 5) is 0. The van der Waals surface area contributed by atoms with Crippen molar-refractivity contribution in [2.45, 2.75) is 31.7 Å². The summed E-state index contributed by atoms with van der Waals surface area (Å²) in [6.45, 7) is 4.87. The minimum Gasteiger partial charge on any atom is -0.250 e. The van der Waals surface area contributed by atoms with Crippen molar-refractivity contribution in [1.29, 1.82) is 0 Å². The fraction of sp³-hybridized carbons (Fsp3) is 0.750. The van der Waals surface area contributed by atoms with Crippen molar-refractivity contribution in [3.8, 4) is 0 Å². The van der Waals surface area contributed by atoms with E-state index in [1.165, 1.54) is 19.3 Å². The summed E-state index contributed by atoms with van der Waals surface area (Å²) in [5.41, 5.74) is 0. The molecule has 1 aliphatic heterocycles. The van der Waals surface area contributed by atoms with Crippen LogP contribution in [0.2, 0.25) is 0 Å². The third-order valence-corrected chi connectivity index (χ3v) is 2.56.